The summed E-state index contributed by atoms with van der Waals surface area (Å²) in [6.45, 7) is 0.241. The molecule has 0 atom stereocenters. The first kappa shape index (κ1) is 17.0. The van der Waals surface area contributed by atoms with E-state index in [1.165, 1.54) is 25.3 Å². The van der Waals surface area contributed by atoms with Gasteiger partial charge in [-0.05, 0) is 41.5 Å². The predicted molar refractivity (Wildman–Crippen MR) is 88.7 cm³/mol. The number of nitro groups is 1. The smallest absolute Gasteiger partial charge is 0.269 e. The SMILES string of the molecule is COc1cc(/C=C\C(N)=O)ccc1OCc1ccc([N+](=O)[O-])cc1. The molecule has 24 heavy (non-hydrogen) atoms. The fourth-order valence-corrected chi connectivity index (χ4v) is 1.96. The van der Waals surface area contributed by atoms with Gasteiger partial charge in [-0.25, -0.2) is 0 Å². The minimum Gasteiger partial charge on any atom is -0.493 e. The second kappa shape index (κ2) is 7.77. The Balaban J connectivity index is 2.08. The third kappa shape index (κ3) is 4.57. The average molecular weight is 328 g/mol. The van der Waals surface area contributed by atoms with Gasteiger partial charge in [-0.1, -0.05) is 6.07 Å². The lowest BCUT2D eigenvalue weighted by Crippen LogP contribution is -2.05. The van der Waals surface area contributed by atoms with Gasteiger partial charge in [-0.2, -0.15) is 0 Å². The fourth-order valence-electron chi connectivity index (χ4n) is 1.96. The average Bonchev–Trinajstić information content (AvgIpc) is 2.58. The highest BCUT2D eigenvalue weighted by molar-refractivity contribution is 5.90. The van der Waals surface area contributed by atoms with E-state index in [-0.39, 0.29) is 12.3 Å². The van der Waals surface area contributed by atoms with Crippen molar-refractivity contribution in [2.24, 2.45) is 5.73 Å². The molecule has 0 fully saturated rings. The van der Waals surface area contributed by atoms with Crippen LogP contribution in [0.15, 0.2) is 48.5 Å². The molecule has 0 heterocycles. The number of carbonyl (C=O) groups excluding carboxylic acids is 1. The number of hydrogen-bond acceptors (Lipinski definition) is 5. The second-order valence-corrected chi connectivity index (χ2v) is 4.86. The molecular weight excluding hydrogens is 312 g/mol. The molecule has 7 nitrogen and oxygen atoms in total. The first-order valence-corrected chi connectivity index (χ1v) is 7.01. The van der Waals surface area contributed by atoms with Crippen LogP contribution in [0.5, 0.6) is 11.5 Å². The van der Waals surface area contributed by atoms with Gasteiger partial charge < -0.3 is 15.2 Å². The first-order valence-electron chi connectivity index (χ1n) is 7.01. The summed E-state index contributed by atoms with van der Waals surface area (Å²) >= 11 is 0. The molecule has 0 radical (unpaired) electrons. The summed E-state index contributed by atoms with van der Waals surface area (Å²) in [4.78, 5) is 20.9. The molecule has 0 aliphatic rings. The van der Waals surface area contributed by atoms with Gasteiger partial charge >= 0.3 is 0 Å². The minimum absolute atomic E-state index is 0.0296. The Labute approximate surface area is 138 Å². The number of non-ortho nitro benzene ring substituents is 1. The van der Waals surface area contributed by atoms with Gasteiger partial charge in [-0.3, -0.25) is 14.9 Å². The molecule has 0 bridgehead atoms. The lowest BCUT2D eigenvalue weighted by Gasteiger charge is -2.11. The van der Waals surface area contributed by atoms with Crippen molar-refractivity contribution in [2.45, 2.75) is 6.61 Å². The van der Waals surface area contributed by atoms with Gasteiger partial charge in [0.2, 0.25) is 5.91 Å². The van der Waals surface area contributed by atoms with Crippen molar-refractivity contribution in [3.05, 3.63) is 69.8 Å². The maximum Gasteiger partial charge on any atom is 0.269 e. The van der Waals surface area contributed by atoms with Crippen LogP contribution in [0.2, 0.25) is 0 Å². The van der Waals surface area contributed by atoms with Crippen LogP contribution >= 0.6 is 0 Å². The predicted octanol–water partition coefficient (Wildman–Crippen LogP) is 2.68. The summed E-state index contributed by atoms with van der Waals surface area (Å²) in [5.74, 6) is 0.489. The van der Waals surface area contributed by atoms with Crippen molar-refractivity contribution < 1.29 is 19.2 Å². The Morgan fingerprint density at radius 3 is 2.50 bits per heavy atom. The summed E-state index contributed by atoms with van der Waals surface area (Å²) in [6.07, 6.45) is 2.83. The number of nitro benzene ring substituents is 1. The van der Waals surface area contributed by atoms with Crippen LogP contribution in [0, 0.1) is 10.1 Å². The third-order valence-corrected chi connectivity index (χ3v) is 3.17. The quantitative estimate of drug-likeness (QED) is 0.478. The normalized spacial score (nSPS) is 10.5. The minimum atomic E-state index is -0.535. The molecule has 7 heteroatoms. The first-order chi connectivity index (χ1) is 11.5. The highest BCUT2D eigenvalue weighted by Crippen LogP contribution is 2.29. The molecule has 0 spiro atoms. The van der Waals surface area contributed by atoms with Crippen molar-refractivity contribution >= 4 is 17.7 Å². The Kier molecular flexibility index (Phi) is 5.51. The number of amides is 1. The van der Waals surface area contributed by atoms with Crippen LogP contribution in [0.3, 0.4) is 0 Å². The number of primary amides is 1. The monoisotopic (exact) mass is 328 g/mol. The zero-order valence-electron chi connectivity index (χ0n) is 13.0. The van der Waals surface area contributed by atoms with Gasteiger partial charge in [0.1, 0.15) is 6.61 Å². The highest BCUT2D eigenvalue weighted by atomic mass is 16.6. The Hall–Kier alpha value is -3.35. The molecule has 2 rings (SSSR count). The number of ether oxygens (including phenoxy) is 2. The summed E-state index contributed by atoms with van der Waals surface area (Å²) in [6, 6.07) is 11.3. The van der Waals surface area contributed by atoms with Gasteiger partial charge in [-0.15, -0.1) is 0 Å². The molecule has 0 aliphatic carbocycles. The molecule has 0 saturated carbocycles. The molecule has 2 aromatic carbocycles. The topological polar surface area (TPSA) is 105 Å². The van der Waals surface area contributed by atoms with Crippen molar-refractivity contribution in [1.29, 1.82) is 0 Å². The zero-order chi connectivity index (χ0) is 17.5. The summed E-state index contributed by atoms with van der Waals surface area (Å²) in [5.41, 5.74) is 6.62. The standard InChI is InChI=1S/C17H16N2O5/c1-23-16-10-12(5-9-17(18)20)4-8-15(16)24-11-13-2-6-14(7-3-13)19(21)22/h2-10H,11H2,1H3,(H2,18,20)/b9-5-. The summed E-state index contributed by atoms with van der Waals surface area (Å²) in [7, 11) is 1.51. The molecule has 2 aromatic rings. The maximum atomic E-state index is 10.8. The largest absolute Gasteiger partial charge is 0.493 e. The summed E-state index contributed by atoms with van der Waals surface area (Å²) in [5, 5.41) is 10.6. The molecule has 0 aliphatic heterocycles. The van der Waals surface area contributed by atoms with Crippen LogP contribution in [0.1, 0.15) is 11.1 Å². The van der Waals surface area contributed by atoms with E-state index >= 15 is 0 Å². The van der Waals surface area contributed by atoms with Crippen LogP contribution in [0.25, 0.3) is 6.08 Å². The van der Waals surface area contributed by atoms with Gasteiger partial charge in [0.25, 0.3) is 5.69 Å². The molecule has 124 valence electrons. The second-order valence-electron chi connectivity index (χ2n) is 4.86. The van der Waals surface area contributed by atoms with E-state index in [0.29, 0.717) is 11.5 Å². The highest BCUT2D eigenvalue weighted by Gasteiger charge is 2.07. The number of benzene rings is 2. The molecule has 1 amide bonds. The van der Waals surface area contributed by atoms with Crippen molar-refractivity contribution in [3.63, 3.8) is 0 Å². The van der Waals surface area contributed by atoms with Gasteiger partial charge in [0.05, 0.1) is 12.0 Å². The van der Waals surface area contributed by atoms with Crippen LogP contribution in [0.4, 0.5) is 5.69 Å². The molecule has 0 saturated heterocycles. The van der Waals surface area contributed by atoms with Crippen LogP contribution < -0.4 is 15.2 Å². The maximum absolute atomic E-state index is 10.8. The van der Waals surface area contributed by atoms with E-state index in [0.717, 1.165) is 11.1 Å². The number of methoxy groups -OCH3 is 1. The fraction of sp³-hybridized carbons (Fsp3) is 0.118. The number of rotatable bonds is 7. The lowest BCUT2D eigenvalue weighted by molar-refractivity contribution is -0.384. The number of hydrogen-bond donors (Lipinski definition) is 1. The Morgan fingerprint density at radius 2 is 1.92 bits per heavy atom. The molecule has 0 aromatic heterocycles. The third-order valence-electron chi connectivity index (χ3n) is 3.17. The van der Waals surface area contributed by atoms with Crippen LogP contribution in [-0.4, -0.2) is 17.9 Å². The molecule has 0 unspecified atom stereocenters. The number of nitrogens with zero attached hydrogens (tertiary/aromatic N) is 1. The Morgan fingerprint density at radius 1 is 1.21 bits per heavy atom. The van der Waals surface area contributed by atoms with Gasteiger partial charge in [0.15, 0.2) is 11.5 Å². The van der Waals surface area contributed by atoms with E-state index in [9.17, 15) is 14.9 Å². The van der Waals surface area contributed by atoms with E-state index in [4.69, 9.17) is 15.2 Å². The van der Waals surface area contributed by atoms with Crippen LogP contribution in [-0.2, 0) is 11.4 Å². The Bertz CT molecular complexity index is 769. The number of nitrogens with two attached hydrogens (primary N) is 1. The van der Waals surface area contributed by atoms with E-state index in [1.54, 1.807) is 36.4 Å². The van der Waals surface area contributed by atoms with E-state index < -0.39 is 10.8 Å². The van der Waals surface area contributed by atoms with Crippen molar-refractivity contribution in [3.8, 4) is 11.5 Å². The van der Waals surface area contributed by atoms with E-state index in [1.807, 2.05) is 0 Å². The van der Waals surface area contributed by atoms with E-state index in [2.05, 4.69) is 0 Å². The van der Waals surface area contributed by atoms with Crippen molar-refractivity contribution in [1.82, 2.24) is 0 Å². The van der Waals surface area contributed by atoms with Crippen molar-refractivity contribution in [2.75, 3.05) is 7.11 Å². The van der Waals surface area contributed by atoms with Gasteiger partial charge in [0, 0.05) is 18.2 Å². The number of carbonyl (C=O) groups is 1. The summed E-state index contributed by atoms with van der Waals surface area (Å²) < 4.78 is 11.0. The molecule has 2 N–H and O–H groups in total. The molecular formula is C17H16N2O5. The lowest BCUT2D eigenvalue weighted by atomic mass is 10.2. The zero-order valence-corrected chi connectivity index (χ0v) is 13.0.